The second-order valence-corrected chi connectivity index (χ2v) is 7.21. The number of thioether (sulfide) groups is 1. The summed E-state index contributed by atoms with van der Waals surface area (Å²) in [6.07, 6.45) is 3.42. The topological polar surface area (TPSA) is 39.1 Å². The molecule has 3 heterocycles. The summed E-state index contributed by atoms with van der Waals surface area (Å²) < 4.78 is 8.40. The van der Waals surface area contributed by atoms with E-state index in [0.717, 1.165) is 37.4 Å². The van der Waals surface area contributed by atoms with Crippen molar-refractivity contribution >= 4 is 11.8 Å². The van der Waals surface area contributed by atoms with Crippen molar-refractivity contribution in [2.75, 3.05) is 25.2 Å². The van der Waals surface area contributed by atoms with E-state index in [1.807, 2.05) is 18.8 Å². The standard InChI is InChI=1S/C15H25N3OS/c1-11-14(9-16-3)12(2)18(17-11)13-4-6-19-15(8-13)5-7-20-10-15/h13,16H,4-10H2,1-3H3. The fourth-order valence-electron chi connectivity index (χ4n) is 3.56. The molecule has 1 spiro atoms. The van der Waals surface area contributed by atoms with E-state index in [1.165, 1.54) is 23.4 Å². The van der Waals surface area contributed by atoms with Crippen molar-refractivity contribution in [1.82, 2.24) is 15.1 Å². The fourth-order valence-corrected chi connectivity index (χ4v) is 4.94. The Bertz CT molecular complexity index is 480. The Balaban J connectivity index is 1.83. The third-order valence-corrected chi connectivity index (χ3v) is 5.93. The third kappa shape index (κ3) is 2.51. The predicted molar refractivity (Wildman–Crippen MR) is 83.4 cm³/mol. The van der Waals surface area contributed by atoms with Crippen LogP contribution in [-0.4, -0.2) is 40.5 Å². The van der Waals surface area contributed by atoms with Crippen LogP contribution in [0.15, 0.2) is 0 Å². The summed E-state index contributed by atoms with van der Waals surface area (Å²) in [4.78, 5) is 0. The maximum Gasteiger partial charge on any atom is 0.0800 e. The number of aryl methyl sites for hydroxylation is 1. The SMILES string of the molecule is CNCc1c(C)nn(C2CCOC3(CCSC3)C2)c1C. The zero-order valence-electron chi connectivity index (χ0n) is 12.7. The molecular weight excluding hydrogens is 270 g/mol. The summed E-state index contributed by atoms with van der Waals surface area (Å²) in [6.45, 7) is 6.11. The van der Waals surface area contributed by atoms with Gasteiger partial charge in [-0.3, -0.25) is 4.68 Å². The normalized spacial score (nSPS) is 30.2. The molecule has 1 aromatic heterocycles. The Morgan fingerprint density at radius 1 is 1.50 bits per heavy atom. The van der Waals surface area contributed by atoms with Crippen molar-refractivity contribution in [2.24, 2.45) is 0 Å². The zero-order chi connectivity index (χ0) is 14.2. The number of ether oxygens (including phenoxy) is 1. The van der Waals surface area contributed by atoms with Gasteiger partial charge >= 0.3 is 0 Å². The second kappa shape index (κ2) is 5.70. The molecule has 0 radical (unpaired) electrons. The molecule has 1 aromatic rings. The Kier molecular flexibility index (Phi) is 4.11. The average Bonchev–Trinajstić information content (AvgIpc) is 2.99. The van der Waals surface area contributed by atoms with Crippen LogP contribution in [0.4, 0.5) is 0 Å². The smallest absolute Gasteiger partial charge is 0.0800 e. The van der Waals surface area contributed by atoms with Gasteiger partial charge in [-0.05, 0) is 45.9 Å². The largest absolute Gasteiger partial charge is 0.374 e. The number of nitrogens with one attached hydrogen (secondary N) is 1. The number of nitrogens with zero attached hydrogens (tertiary/aromatic N) is 2. The number of rotatable bonds is 3. The van der Waals surface area contributed by atoms with E-state index in [-0.39, 0.29) is 5.60 Å². The molecule has 0 aromatic carbocycles. The Morgan fingerprint density at radius 3 is 3.05 bits per heavy atom. The fraction of sp³-hybridized carbons (Fsp3) is 0.800. The van der Waals surface area contributed by atoms with Crippen molar-refractivity contribution in [1.29, 1.82) is 0 Å². The highest BCUT2D eigenvalue weighted by molar-refractivity contribution is 7.99. The lowest BCUT2D eigenvalue weighted by Crippen LogP contribution is -2.41. The lowest BCUT2D eigenvalue weighted by atomic mass is 9.90. The molecular formula is C15H25N3OS. The van der Waals surface area contributed by atoms with Gasteiger partial charge in [-0.1, -0.05) is 0 Å². The second-order valence-electron chi connectivity index (χ2n) is 6.10. The maximum absolute atomic E-state index is 6.13. The molecule has 2 saturated heterocycles. The average molecular weight is 295 g/mol. The Morgan fingerprint density at radius 2 is 2.35 bits per heavy atom. The van der Waals surface area contributed by atoms with Gasteiger partial charge in [0.15, 0.2) is 0 Å². The van der Waals surface area contributed by atoms with E-state index in [4.69, 9.17) is 9.84 Å². The van der Waals surface area contributed by atoms with Crippen LogP contribution in [0.5, 0.6) is 0 Å². The summed E-state index contributed by atoms with van der Waals surface area (Å²) >= 11 is 2.03. The van der Waals surface area contributed by atoms with Gasteiger partial charge in [-0.25, -0.2) is 0 Å². The van der Waals surface area contributed by atoms with E-state index in [2.05, 4.69) is 23.8 Å². The van der Waals surface area contributed by atoms with Gasteiger partial charge in [0, 0.05) is 30.2 Å². The van der Waals surface area contributed by atoms with Crippen LogP contribution in [0, 0.1) is 13.8 Å². The summed E-state index contributed by atoms with van der Waals surface area (Å²) in [5, 5.41) is 8.07. The highest BCUT2D eigenvalue weighted by Crippen LogP contribution is 2.42. The van der Waals surface area contributed by atoms with E-state index < -0.39 is 0 Å². The van der Waals surface area contributed by atoms with Crippen molar-refractivity contribution in [2.45, 2.75) is 51.3 Å². The first kappa shape index (κ1) is 14.4. The van der Waals surface area contributed by atoms with Gasteiger partial charge in [-0.2, -0.15) is 16.9 Å². The lowest BCUT2D eigenvalue weighted by molar-refractivity contribution is -0.0781. The summed E-state index contributed by atoms with van der Waals surface area (Å²) in [6, 6.07) is 0.506. The minimum absolute atomic E-state index is 0.128. The molecule has 20 heavy (non-hydrogen) atoms. The zero-order valence-corrected chi connectivity index (χ0v) is 13.6. The molecule has 1 N–H and O–H groups in total. The molecule has 5 heteroatoms. The van der Waals surface area contributed by atoms with Crippen LogP contribution < -0.4 is 5.32 Å². The number of hydrogen-bond acceptors (Lipinski definition) is 4. The highest BCUT2D eigenvalue weighted by Gasteiger charge is 2.41. The molecule has 0 amide bonds. The molecule has 2 unspecified atom stereocenters. The van der Waals surface area contributed by atoms with Gasteiger partial charge < -0.3 is 10.1 Å². The van der Waals surface area contributed by atoms with Crippen LogP contribution >= 0.6 is 11.8 Å². The molecule has 3 rings (SSSR count). The Hall–Kier alpha value is -0.520. The molecule has 4 nitrogen and oxygen atoms in total. The molecule has 0 saturated carbocycles. The van der Waals surface area contributed by atoms with Crippen molar-refractivity contribution in [3.05, 3.63) is 17.0 Å². The van der Waals surface area contributed by atoms with Gasteiger partial charge in [-0.15, -0.1) is 0 Å². The van der Waals surface area contributed by atoms with Crippen LogP contribution in [0.1, 0.15) is 42.3 Å². The van der Waals surface area contributed by atoms with Crippen LogP contribution in [0.25, 0.3) is 0 Å². The number of hydrogen-bond donors (Lipinski definition) is 1. The van der Waals surface area contributed by atoms with Gasteiger partial charge in [0.1, 0.15) is 0 Å². The molecule has 2 aliphatic heterocycles. The van der Waals surface area contributed by atoms with Gasteiger partial charge in [0.25, 0.3) is 0 Å². The van der Waals surface area contributed by atoms with Crippen molar-refractivity contribution in [3.8, 4) is 0 Å². The van der Waals surface area contributed by atoms with E-state index >= 15 is 0 Å². The molecule has 2 fully saturated rings. The minimum Gasteiger partial charge on any atom is -0.374 e. The summed E-state index contributed by atoms with van der Waals surface area (Å²) in [5.74, 6) is 2.40. The first-order chi connectivity index (χ1) is 9.65. The predicted octanol–water partition coefficient (Wildman–Crippen LogP) is 2.45. The monoisotopic (exact) mass is 295 g/mol. The van der Waals surface area contributed by atoms with Crippen LogP contribution in [0.2, 0.25) is 0 Å². The minimum atomic E-state index is 0.128. The molecule has 2 atom stereocenters. The quantitative estimate of drug-likeness (QED) is 0.930. The molecule has 112 valence electrons. The lowest BCUT2D eigenvalue weighted by Gasteiger charge is -2.38. The molecule has 2 aliphatic rings. The van der Waals surface area contributed by atoms with Crippen molar-refractivity contribution < 1.29 is 4.74 Å². The van der Waals surface area contributed by atoms with E-state index in [0.29, 0.717) is 6.04 Å². The first-order valence-corrected chi connectivity index (χ1v) is 8.71. The van der Waals surface area contributed by atoms with Crippen LogP contribution in [-0.2, 0) is 11.3 Å². The number of aromatic nitrogens is 2. The third-order valence-electron chi connectivity index (χ3n) is 4.71. The van der Waals surface area contributed by atoms with E-state index in [1.54, 1.807) is 0 Å². The van der Waals surface area contributed by atoms with Gasteiger partial charge in [0.05, 0.1) is 17.3 Å². The molecule has 0 bridgehead atoms. The van der Waals surface area contributed by atoms with Crippen molar-refractivity contribution in [3.63, 3.8) is 0 Å². The van der Waals surface area contributed by atoms with Gasteiger partial charge in [0.2, 0.25) is 0 Å². The van der Waals surface area contributed by atoms with Crippen LogP contribution in [0.3, 0.4) is 0 Å². The maximum atomic E-state index is 6.13. The summed E-state index contributed by atoms with van der Waals surface area (Å²) in [5.41, 5.74) is 3.97. The van der Waals surface area contributed by atoms with E-state index in [9.17, 15) is 0 Å². The Labute approximate surface area is 125 Å². The molecule has 0 aliphatic carbocycles. The first-order valence-electron chi connectivity index (χ1n) is 7.56. The summed E-state index contributed by atoms with van der Waals surface area (Å²) in [7, 11) is 2.00. The highest BCUT2D eigenvalue weighted by atomic mass is 32.2.